The first kappa shape index (κ1) is 14.3. The van der Waals surface area contributed by atoms with Crippen LogP contribution in [-0.2, 0) is 4.79 Å². The highest BCUT2D eigenvalue weighted by Gasteiger charge is 2.40. The fraction of sp³-hybridized carbons (Fsp3) is 0.667. The Morgan fingerprint density at radius 3 is 2.72 bits per heavy atom. The number of hydrogen-bond acceptors (Lipinski definition) is 3. The number of rotatable bonds is 4. The van der Waals surface area contributed by atoms with Crippen LogP contribution in [0.25, 0.3) is 0 Å². The first-order chi connectivity index (χ1) is 8.51. The van der Waals surface area contributed by atoms with Crippen molar-refractivity contribution >= 4 is 12.0 Å². The van der Waals surface area contributed by atoms with Gasteiger partial charge in [-0.25, -0.2) is 9.59 Å². The lowest BCUT2D eigenvalue weighted by Gasteiger charge is -2.28. The number of aliphatic hydroxyl groups is 1. The predicted molar refractivity (Wildman–Crippen MR) is 64.8 cm³/mol. The summed E-state index contributed by atoms with van der Waals surface area (Å²) >= 11 is 0. The highest BCUT2D eigenvalue weighted by Crippen LogP contribution is 2.20. The van der Waals surface area contributed by atoms with Crippen molar-refractivity contribution in [1.82, 2.24) is 9.80 Å². The Hall–Kier alpha value is -1.74. The fourth-order valence-corrected chi connectivity index (χ4v) is 2.06. The largest absolute Gasteiger partial charge is 0.480 e. The Kier molecular flexibility index (Phi) is 4.98. The average molecular weight is 254 g/mol. The van der Waals surface area contributed by atoms with Gasteiger partial charge < -0.3 is 20.0 Å². The van der Waals surface area contributed by atoms with Gasteiger partial charge in [0.05, 0.1) is 12.6 Å². The number of terminal acetylenes is 1. The zero-order chi connectivity index (χ0) is 13.7. The van der Waals surface area contributed by atoms with Crippen molar-refractivity contribution in [1.29, 1.82) is 0 Å². The van der Waals surface area contributed by atoms with E-state index in [4.69, 9.17) is 11.5 Å². The second-order valence-electron chi connectivity index (χ2n) is 4.30. The van der Waals surface area contributed by atoms with Gasteiger partial charge in [0.15, 0.2) is 0 Å². The van der Waals surface area contributed by atoms with Gasteiger partial charge in [-0.15, -0.1) is 6.42 Å². The molecule has 100 valence electrons. The van der Waals surface area contributed by atoms with Crippen molar-refractivity contribution < 1.29 is 19.8 Å². The molecule has 0 radical (unpaired) electrons. The predicted octanol–water partition coefficient (Wildman–Crippen LogP) is -0.0286. The van der Waals surface area contributed by atoms with Gasteiger partial charge in [0, 0.05) is 19.5 Å². The van der Waals surface area contributed by atoms with E-state index in [-0.39, 0.29) is 19.5 Å². The molecule has 2 amide bonds. The minimum Gasteiger partial charge on any atom is -0.480 e. The van der Waals surface area contributed by atoms with Gasteiger partial charge in [0.25, 0.3) is 0 Å². The summed E-state index contributed by atoms with van der Waals surface area (Å²) in [6.45, 7) is 2.57. The number of hydrogen-bond donors (Lipinski definition) is 2. The van der Waals surface area contributed by atoms with Gasteiger partial charge in [-0.1, -0.05) is 12.8 Å². The van der Waals surface area contributed by atoms with E-state index >= 15 is 0 Å². The molecular weight excluding hydrogens is 236 g/mol. The van der Waals surface area contributed by atoms with Crippen LogP contribution in [0.15, 0.2) is 0 Å². The maximum atomic E-state index is 12.2. The van der Waals surface area contributed by atoms with Gasteiger partial charge in [0.1, 0.15) is 6.04 Å². The summed E-state index contributed by atoms with van der Waals surface area (Å²) in [5.74, 6) is 1.28. The number of carboxylic acids is 1. The van der Waals surface area contributed by atoms with Gasteiger partial charge >= 0.3 is 12.0 Å². The third-order valence-corrected chi connectivity index (χ3v) is 2.86. The average Bonchev–Trinajstić information content (AvgIpc) is 2.70. The van der Waals surface area contributed by atoms with Crippen LogP contribution in [0.5, 0.6) is 0 Å². The minimum atomic E-state index is -1.10. The van der Waals surface area contributed by atoms with E-state index in [1.165, 1.54) is 9.80 Å². The van der Waals surface area contributed by atoms with Crippen molar-refractivity contribution in [3.8, 4) is 12.3 Å². The van der Waals surface area contributed by atoms with Crippen LogP contribution < -0.4 is 0 Å². The van der Waals surface area contributed by atoms with Crippen LogP contribution in [-0.4, -0.2) is 63.8 Å². The van der Waals surface area contributed by atoms with Crippen LogP contribution in [0.2, 0.25) is 0 Å². The number of likely N-dealkylation sites (tertiary alicyclic amines) is 1. The van der Waals surface area contributed by atoms with Crippen LogP contribution in [0.3, 0.4) is 0 Å². The lowest BCUT2D eigenvalue weighted by atomic mass is 10.2. The Morgan fingerprint density at radius 2 is 2.22 bits per heavy atom. The Morgan fingerprint density at radius 1 is 1.56 bits per heavy atom. The molecule has 2 N–H and O–H groups in total. The summed E-state index contributed by atoms with van der Waals surface area (Å²) in [5.41, 5.74) is 0. The van der Waals surface area contributed by atoms with E-state index in [9.17, 15) is 14.7 Å². The van der Waals surface area contributed by atoms with Gasteiger partial charge in [-0.3, -0.25) is 0 Å². The SMILES string of the molecule is C#CCN(CCC)C(=O)N1CC(O)CC1C(=O)O. The maximum absolute atomic E-state index is 12.2. The molecule has 1 aliphatic rings. The first-order valence-corrected chi connectivity index (χ1v) is 5.91. The molecule has 1 aliphatic heterocycles. The fourth-order valence-electron chi connectivity index (χ4n) is 2.06. The zero-order valence-electron chi connectivity index (χ0n) is 10.4. The third-order valence-electron chi connectivity index (χ3n) is 2.86. The van der Waals surface area contributed by atoms with E-state index in [2.05, 4.69) is 5.92 Å². The molecule has 2 unspecified atom stereocenters. The van der Waals surface area contributed by atoms with Crippen LogP contribution in [0.1, 0.15) is 19.8 Å². The summed E-state index contributed by atoms with van der Waals surface area (Å²) < 4.78 is 0. The number of carboxylic acid groups (broad SMARTS) is 1. The molecule has 0 spiro atoms. The number of amides is 2. The summed E-state index contributed by atoms with van der Waals surface area (Å²) in [6.07, 6.45) is 5.21. The van der Waals surface area contributed by atoms with Crippen molar-refractivity contribution in [2.45, 2.75) is 31.9 Å². The highest BCUT2D eigenvalue weighted by molar-refractivity contribution is 5.83. The topological polar surface area (TPSA) is 81.1 Å². The smallest absolute Gasteiger partial charge is 0.326 e. The second-order valence-corrected chi connectivity index (χ2v) is 4.30. The molecule has 0 aromatic rings. The number of carbonyl (C=O) groups is 2. The molecule has 0 aromatic heterocycles. The van der Waals surface area contributed by atoms with Crippen LogP contribution in [0, 0.1) is 12.3 Å². The van der Waals surface area contributed by atoms with Gasteiger partial charge in [-0.2, -0.15) is 0 Å². The molecule has 1 fully saturated rings. The molecular formula is C12H18N2O4. The third kappa shape index (κ3) is 3.14. The highest BCUT2D eigenvalue weighted by atomic mass is 16.4. The molecule has 6 nitrogen and oxygen atoms in total. The molecule has 1 heterocycles. The molecule has 0 saturated carbocycles. The Bertz CT molecular complexity index is 364. The van der Waals surface area contributed by atoms with Crippen molar-refractivity contribution in [2.24, 2.45) is 0 Å². The maximum Gasteiger partial charge on any atom is 0.326 e. The first-order valence-electron chi connectivity index (χ1n) is 5.91. The summed E-state index contributed by atoms with van der Waals surface area (Å²) in [7, 11) is 0. The van der Waals surface area contributed by atoms with E-state index in [1.54, 1.807) is 0 Å². The van der Waals surface area contributed by atoms with E-state index < -0.39 is 24.1 Å². The van der Waals surface area contributed by atoms with Crippen molar-refractivity contribution in [3.63, 3.8) is 0 Å². The van der Waals surface area contributed by atoms with E-state index in [0.717, 1.165) is 6.42 Å². The zero-order valence-corrected chi connectivity index (χ0v) is 10.4. The number of aliphatic carboxylic acids is 1. The summed E-state index contributed by atoms with van der Waals surface area (Å²) in [6, 6.07) is -1.39. The van der Waals surface area contributed by atoms with Crippen molar-refractivity contribution in [2.75, 3.05) is 19.6 Å². The Labute approximate surface area is 106 Å². The lowest BCUT2D eigenvalue weighted by molar-refractivity contribution is -0.141. The molecule has 1 rings (SSSR count). The number of β-amino-alcohol motifs (C(OH)–C–C–N with tert-alkyl or cyclic N) is 1. The standard InChI is InChI=1S/C12H18N2O4/c1-3-5-13(6-4-2)12(18)14-8-9(15)7-10(14)11(16)17/h1,9-10,15H,4-8H2,2H3,(H,16,17). The monoisotopic (exact) mass is 254 g/mol. The number of carbonyl (C=O) groups excluding carboxylic acids is 1. The molecule has 1 saturated heterocycles. The molecule has 0 aliphatic carbocycles. The lowest BCUT2D eigenvalue weighted by Crippen LogP contribution is -2.48. The van der Waals surface area contributed by atoms with Gasteiger partial charge in [-0.05, 0) is 6.42 Å². The molecule has 0 bridgehead atoms. The quantitative estimate of drug-likeness (QED) is 0.690. The second kappa shape index (κ2) is 6.26. The molecule has 0 aromatic carbocycles. The molecule has 18 heavy (non-hydrogen) atoms. The van der Waals surface area contributed by atoms with Crippen LogP contribution >= 0.6 is 0 Å². The summed E-state index contributed by atoms with van der Waals surface area (Å²) in [5, 5.41) is 18.5. The van der Waals surface area contributed by atoms with Gasteiger partial charge in [0.2, 0.25) is 0 Å². The normalized spacial score (nSPS) is 22.6. The van der Waals surface area contributed by atoms with Crippen LogP contribution in [0.4, 0.5) is 4.79 Å². The summed E-state index contributed by atoms with van der Waals surface area (Å²) in [4.78, 5) is 25.8. The van der Waals surface area contributed by atoms with E-state index in [1.807, 2.05) is 6.92 Å². The number of nitrogens with zero attached hydrogens (tertiary/aromatic N) is 2. The van der Waals surface area contributed by atoms with E-state index in [0.29, 0.717) is 6.54 Å². The Balaban J connectivity index is 2.80. The minimum absolute atomic E-state index is 0.0422. The molecule has 2 atom stereocenters. The number of urea groups is 1. The molecule has 6 heteroatoms. The number of aliphatic hydroxyl groups excluding tert-OH is 1. The van der Waals surface area contributed by atoms with Crippen molar-refractivity contribution in [3.05, 3.63) is 0 Å².